The number of sulfonamides is 1. The molecule has 0 fully saturated rings. The molecule has 2 aromatic rings. The Morgan fingerprint density at radius 3 is 2.76 bits per heavy atom. The molecule has 0 bridgehead atoms. The molecule has 3 rings (SSSR count). The van der Waals surface area contributed by atoms with E-state index < -0.39 is 10.0 Å². The van der Waals surface area contributed by atoms with E-state index in [0.29, 0.717) is 12.2 Å². The Morgan fingerprint density at radius 1 is 1.19 bits per heavy atom. The number of para-hydroxylation sites is 1. The number of aromatic nitrogens is 1. The molecule has 1 atom stereocenters. The minimum absolute atomic E-state index is 0.129. The molecule has 1 aromatic heterocycles. The molecule has 5 nitrogen and oxygen atoms in total. The van der Waals surface area contributed by atoms with Crippen LogP contribution >= 0.6 is 0 Å². The number of hydrogen-bond donors (Lipinski definition) is 1. The highest BCUT2D eigenvalue weighted by Crippen LogP contribution is 2.34. The third kappa shape index (κ3) is 2.52. The third-order valence-corrected chi connectivity index (χ3v) is 5.50. The van der Waals surface area contributed by atoms with Gasteiger partial charge in [-0.2, -0.15) is 0 Å². The van der Waals surface area contributed by atoms with Gasteiger partial charge in [-0.3, -0.25) is 9.29 Å². The van der Waals surface area contributed by atoms with Gasteiger partial charge >= 0.3 is 0 Å². The predicted molar refractivity (Wildman–Crippen MR) is 81.4 cm³/mol. The molecule has 0 aliphatic carbocycles. The van der Waals surface area contributed by atoms with Crippen molar-refractivity contribution in [3.8, 4) is 0 Å². The molecular formula is C15H17N3O2S. The second-order valence-corrected chi connectivity index (χ2v) is 6.94. The molecule has 110 valence electrons. The first-order valence-electron chi connectivity index (χ1n) is 6.88. The first-order valence-corrected chi connectivity index (χ1v) is 8.32. The molecule has 21 heavy (non-hydrogen) atoms. The molecule has 2 heterocycles. The molecule has 0 saturated heterocycles. The fourth-order valence-electron chi connectivity index (χ4n) is 2.64. The molecule has 0 radical (unpaired) electrons. The summed E-state index contributed by atoms with van der Waals surface area (Å²) in [6.45, 7) is 0.432. The second-order valence-electron chi connectivity index (χ2n) is 5.07. The predicted octanol–water partition coefficient (Wildman–Crippen LogP) is 2.07. The smallest absolute Gasteiger partial charge is 0.265 e. The standard InChI is InChI=1S/C15H17N3O2S/c16-14-7-4-10-18(15-8-2-1-6-13(14)15)21(19,20)12-5-3-9-17-11-12/h1-3,5-6,8-9,11,14H,4,7,10,16H2. The van der Waals surface area contributed by atoms with Crippen molar-refractivity contribution in [3.05, 3.63) is 54.4 Å². The van der Waals surface area contributed by atoms with E-state index in [1.807, 2.05) is 24.3 Å². The summed E-state index contributed by atoms with van der Waals surface area (Å²) in [4.78, 5) is 4.11. The van der Waals surface area contributed by atoms with Crippen LogP contribution < -0.4 is 10.0 Å². The van der Waals surface area contributed by atoms with Crippen LogP contribution in [0.5, 0.6) is 0 Å². The molecule has 1 aliphatic rings. The van der Waals surface area contributed by atoms with Gasteiger partial charge in [-0.05, 0) is 36.6 Å². The fraction of sp³-hybridized carbons (Fsp3) is 0.267. The lowest BCUT2D eigenvalue weighted by Crippen LogP contribution is -2.32. The normalized spacial score (nSPS) is 18.9. The maximum Gasteiger partial charge on any atom is 0.265 e. The van der Waals surface area contributed by atoms with Gasteiger partial charge in [0.15, 0.2) is 0 Å². The quantitative estimate of drug-likeness (QED) is 0.921. The number of fused-ring (bicyclic) bond motifs is 1. The summed E-state index contributed by atoms with van der Waals surface area (Å²) in [6.07, 6.45) is 4.44. The van der Waals surface area contributed by atoms with Crippen LogP contribution in [0.25, 0.3) is 0 Å². The zero-order chi connectivity index (χ0) is 14.9. The van der Waals surface area contributed by atoms with E-state index in [1.54, 1.807) is 18.3 Å². The topological polar surface area (TPSA) is 76.3 Å². The number of nitrogens with zero attached hydrogens (tertiary/aromatic N) is 2. The van der Waals surface area contributed by atoms with Crippen molar-refractivity contribution < 1.29 is 8.42 Å². The zero-order valence-corrected chi connectivity index (χ0v) is 12.3. The van der Waals surface area contributed by atoms with E-state index in [-0.39, 0.29) is 10.9 Å². The van der Waals surface area contributed by atoms with E-state index in [1.165, 1.54) is 10.5 Å². The summed E-state index contributed by atoms with van der Waals surface area (Å²) in [5.74, 6) is 0. The highest BCUT2D eigenvalue weighted by Gasteiger charge is 2.29. The molecule has 2 N–H and O–H groups in total. The minimum atomic E-state index is -3.61. The molecule has 6 heteroatoms. The molecule has 0 saturated carbocycles. The Labute approximate surface area is 124 Å². The maximum absolute atomic E-state index is 12.9. The van der Waals surface area contributed by atoms with Crippen LogP contribution in [0.1, 0.15) is 24.4 Å². The summed E-state index contributed by atoms with van der Waals surface area (Å²) >= 11 is 0. The highest BCUT2D eigenvalue weighted by atomic mass is 32.2. The number of pyridine rings is 1. The summed E-state index contributed by atoms with van der Waals surface area (Å²) < 4.78 is 27.2. The molecule has 1 aromatic carbocycles. The van der Waals surface area contributed by atoms with Gasteiger partial charge in [0.2, 0.25) is 0 Å². The van der Waals surface area contributed by atoms with Crippen LogP contribution in [0.4, 0.5) is 5.69 Å². The Morgan fingerprint density at radius 2 is 2.00 bits per heavy atom. The summed E-state index contributed by atoms with van der Waals surface area (Å²) in [5.41, 5.74) is 7.71. The van der Waals surface area contributed by atoms with Gasteiger partial charge in [-0.1, -0.05) is 18.2 Å². The molecule has 1 unspecified atom stereocenters. The van der Waals surface area contributed by atoms with Gasteiger partial charge < -0.3 is 5.73 Å². The number of nitrogens with two attached hydrogens (primary N) is 1. The largest absolute Gasteiger partial charge is 0.324 e. The minimum Gasteiger partial charge on any atom is -0.324 e. The Balaban J connectivity index is 2.12. The Bertz CT molecular complexity index is 732. The first kappa shape index (κ1) is 14.0. The lowest BCUT2D eigenvalue weighted by molar-refractivity contribution is 0.586. The second kappa shape index (κ2) is 5.46. The number of hydrogen-bond acceptors (Lipinski definition) is 4. The van der Waals surface area contributed by atoms with Crippen LogP contribution in [-0.2, 0) is 10.0 Å². The average molecular weight is 303 g/mol. The van der Waals surface area contributed by atoms with Crippen molar-refractivity contribution in [3.63, 3.8) is 0 Å². The van der Waals surface area contributed by atoms with E-state index in [9.17, 15) is 8.42 Å². The van der Waals surface area contributed by atoms with Gasteiger partial charge in [0.25, 0.3) is 10.0 Å². The van der Waals surface area contributed by atoms with Crippen molar-refractivity contribution in [2.24, 2.45) is 5.73 Å². The van der Waals surface area contributed by atoms with Crippen LogP contribution in [0, 0.1) is 0 Å². The van der Waals surface area contributed by atoms with Gasteiger partial charge in [-0.25, -0.2) is 8.42 Å². The van der Waals surface area contributed by atoms with Crippen LogP contribution in [0.3, 0.4) is 0 Å². The average Bonchev–Trinajstić information content (AvgIpc) is 2.68. The highest BCUT2D eigenvalue weighted by molar-refractivity contribution is 7.92. The van der Waals surface area contributed by atoms with E-state index in [2.05, 4.69) is 4.98 Å². The van der Waals surface area contributed by atoms with Gasteiger partial charge in [-0.15, -0.1) is 0 Å². The van der Waals surface area contributed by atoms with E-state index in [4.69, 9.17) is 5.73 Å². The van der Waals surface area contributed by atoms with E-state index >= 15 is 0 Å². The van der Waals surface area contributed by atoms with Crippen molar-refractivity contribution in [1.82, 2.24) is 4.98 Å². The molecule has 0 spiro atoms. The van der Waals surface area contributed by atoms with Gasteiger partial charge in [0.1, 0.15) is 4.90 Å². The first-order chi connectivity index (χ1) is 10.1. The Hall–Kier alpha value is -1.92. The number of benzene rings is 1. The van der Waals surface area contributed by atoms with Crippen LogP contribution in [-0.4, -0.2) is 19.9 Å². The van der Waals surface area contributed by atoms with Gasteiger partial charge in [0, 0.05) is 25.0 Å². The van der Waals surface area contributed by atoms with Crippen LogP contribution in [0.15, 0.2) is 53.7 Å². The maximum atomic E-state index is 12.9. The van der Waals surface area contributed by atoms with Gasteiger partial charge in [0.05, 0.1) is 5.69 Å². The summed E-state index contributed by atoms with van der Waals surface area (Å²) in [5, 5.41) is 0. The molecular weight excluding hydrogens is 286 g/mol. The zero-order valence-electron chi connectivity index (χ0n) is 11.5. The van der Waals surface area contributed by atoms with E-state index in [0.717, 1.165) is 18.4 Å². The Kier molecular flexibility index (Phi) is 3.65. The van der Waals surface area contributed by atoms with Crippen molar-refractivity contribution in [2.75, 3.05) is 10.8 Å². The summed E-state index contributed by atoms with van der Waals surface area (Å²) in [6, 6.07) is 10.5. The van der Waals surface area contributed by atoms with Crippen LogP contribution in [0.2, 0.25) is 0 Å². The molecule has 0 amide bonds. The van der Waals surface area contributed by atoms with Crippen molar-refractivity contribution in [1.29, 1.82) is 0 Å². The van der Waals surface area contributed by atoms with Crippen molar-refractivity contribution in [2.45, 2.75) is 23.8 Å². The molecule has 1 aliphatic heterocycles. The monoisotopic (exact) mass is 303 g/mol. The summed E-state index contributed by atoms with van der Waals surface area (Å²) in [7, 11) is -3.61. The third-order valence-electron chi connectivity index (χ3n) is 3.70. The lowest BCUT2D eigenvalue weighted by Gasteiger charge is -2.24. The van der Waals surface area contributed by atoms with Crippen molar-refractivity contribution >= 4 is 15.7 Å². The number of anilines is 1. The fourth-order valence-corrected chi connectivity index (χ4v) is 4.13. The number of rotatable bonds is 2. The lowest BCUT2D eigenvalue weighted by atomic mass is 10.0. The SMILES string of the molecule is NC1CCCN(S(=O)(=O)c2cccnc2)c2ccccc21.